The lowest BCUT2D eigenvalue weighted by Crippen LogP contribution is -2.15. The quantitative estimate of drug-likeness (QED) is 0.357. The Kier molecular flexibility index (Phi) is 7.00. The summed E-state index contributed by atoms with van der Waals surface area (Å²) in [5, 5.41) is 8.77. The topological polar surface area (TPSA) is 68.5 Å². The summed E-state index contributed by atoms with van der Waals surface area (Å²) < 4.78 is 21.2. The Hall–Kier alpha value is -3.71. The highest BCUT2D eigenvalue weighted by Gasteiger charge is 2.18. The minimum atomic E-state index is -1.10. The molecule has 0 aliphatic heterocycles. The molecule has 5 nitrogen and oxygen atoms in total. The summed E-state index contributed by atoms with van der Waals surface area (Å²) in [5.74, 6) is -1.18. The van der Waals surface area contributed by atoms with Crippen LogP contribution in [-0.4, -0.2) is 22.2 Å². The maximum atomic E-state index is 14.3. The largest absolute Gasteiger partial charge is 0.482 e. The van der Waals surface area contributed by atoms with E-state index in [9.17, 15) is 14.0 Å². The van der Waals surface area contributed by atoms with Crippen LogP contribution in [0.4, 0.5) is 4.39 Å². The third-order valence-corrected chi connectivity index (χ3v) is 6.21. The number of hydrogen-bond acceptors (Lipinski definition) is 4. The standard InChI is InChI=1S/C26H22FNO4S/c27-22-14-13-21(32-17-23(29)30)16-20(22)12-7-15-28-24(18-8-3-1-4-9-18)25(33-26(28)31)19-10-5-2-6-11-19/h1-6,8-11,13-14,16H,7,12,15,17H2,(H,29,30). The highest BCUT2D eigenvalue weighted by atomic mass is 32.1. The van der Waals surface area contributed by atoms with Crippen molar-refractivity contribution in [2.45, 2.75) is 19.4 Å². The maximum absolute atomic E-state index is 14.3. The van der Waals surface area contributed by atoms with Crippen LogP contribution in [-0.2, 0) is 17.8 Å². The van der Waals surface area contributed by atoms with Crippen LogP contribution in [0.25, 0.3) is 21.7 Å². The zero-order valence-corrected chi connectivity index (χ0v) is 18.6. The molecule has 0 saturated carbocycles. The van der Waals surface area contributed by atoms with Crippen molar-refractivity contribution in [2.24, 2.45) is 0 Å². The smallest absolute Gasteiger partial charge is 0.341 e. The molecule has 0 aliphatic rings. The number of hydrogen-bond donors (Lipinski definition) is 1. The fraction of sp³-hybridized carbons (Fsp3) is 0.154. The molecule has 7 heteroatoms. The summed E-state index contributed by atoms with van der Waals surface area (Å²) in [6.45, 7) is -0.0654. The van der Waals surface area contributed by atoms with Gasteiger partial charge in [0.05, 0.1) is 10.6 Å². The maximum Gasteiger partial charge on any atom is 0.341 e. The summed E-state index contributed by atoms with van der Waals surface area (Å²) in [4.78, 5) is 24.5. The fourth-order valence-corrected chi connectivity index (χ4v) is 4.73. The van der Waals surface area contributed by atoms with Gasteiger partial charge in [-0.3, -0.25) is 9.36 Å². The van der Waals surface area contributed by atoms with Gasteiger partial charge < -0.3 is 9.84 Å². The third kappa shape index (κ3) is 5.38. The van der Waals surface area contributed by atoms with Crippen LogP contribution in [0, 0.1) is 5.82 Å². The molecule has 33 heavy (non-hydrogen) atoms. The summed E-state index contributed by atoms with van der Waals surface area (Å²) in [5.41, 5.74) is 3.21. The monoisotopic (exact) mass is 463 g/mol. The van der Waals surface area contributed by atoms with Crippen LogP contribution >= 0.6 is 11.3 Å². The molecular weight excluding hydrogens is 441 g/mol. The van der Waals surface area contributed by atoms with Gasteiger partial charge in [-0.1, -0.05) is 72.0 Å². The molecule has 0 fully saturated rings. The number of thiazole rings is 1. The fourth-order valence-electron chi connectivity index (χ4n) is 3.68. The molecule has 1 aromatic heterocycles. The summed E-state index contributed by atoms with van der Waals surface area (Å²) in [6, 6.07) is 23.8. The first-order valence-electron chi connectivity index (χ1n) is 10.5. The molecule has 0 amide bonds. The van der Waals surface area contributed by atoms with Gasteiger partial charge in [0.25, 0.3) is 0 Å². The van der Waals surface area contributed by atoms with Crippen LogP contribution in [0.2, 0.25) is 0 Å². The van der Waals surface area contributed by atoms with E-state index in [2.05, 4.69) is 0 Å². The highest BCUT2D eigenvalue weighted by molar-refractivity contribution is 7.13. The second-order valence-corrected chi connectivity index (χ2v) is 8.43. The van der Waals surface area contributed by atoms with Gasteiger partial charge in [0.1, 0.15) is 11.6 Å². The molecule has 168 valence electrons. The van der Waals surface area contributed by atoms with Gasteiger partial charge in [-0.15, -0.1) is 0 Å². The van der Waals surface area contributed by atoms with Gasteiger partial charge in [0, 0.05) is 6.54 Å². The SMILES string of the molecule is O=C(O)COc1ccc(F)c(CCCn2c(-c3ccccc3)c(-c3ccccc3)sc2=O)c1. The van der Waals surface area contributed by atoms with Gasteiger partial charge >= 0.3 is 10.8 Å². The van der Waals surface area contributed by atoms with Crippen LogP contribution in [0.1, 0.15) is 12.0 Å². The molecule has 0 bridgehead atoms. The van der Waals surface area contributed by atoms with Crippen LogP contribution in [0.3, 0.4) is 0 Å². The molecule has 0 saturated heterocycles. The van der Waals surface area contributed by atoms with E-state index < -0.39 is 12.6 Å². The Bertz CT molecular complexity index is 1300. The molecule has 0 radical (unpaired) electrons. The predicted molar refractivity (Wildman–Crippen MR) is 127 cm³/mol. The number of halogens is 1. The van der Waals surface area contributed by atoms with E-state index >= 15 is 0 Å². The van der Waals surface area contributed by atoms with Crippen molar-refractivity contribution in [2.75, 3.05) is 6.61 Å². The first-order chi connectivity index (χ1) is 16.0. The molecule has 1 heterocycles. The van der Waals surface area contributed by atoms with Crippen molar-refractivity contribution < 1.29 is 19.0 Å². The number of carboxylic acid groups (broad SMARTS) is 1. The van der Waals surface area contributed by atoms with E-state index in [-0.39, 0.29) is 10.7 Å². The normalized spacial score (nSPS) is 10.8. The second-order valence-electron chi connectivity index (χ2n) is 7.47. The van der Waals surface area contributed by atoms with Crippen LogP contribution in [0.5, 0.6) is 5.75 Å². The summed E-state index contributed by atoms with van der Waals surface area (Å²) in [6.07, 6.45) is 0.914. The Morgan fingerprint density at radius 1 is 0.970 bits per heavy atom. The molecule has 4 aromatic rings. The Morgan fingerprint density at radius 2 is 1.64 bits per heavy atom. The molecule has 0 spiro atoms. The van der Waals surface area contributed by atoms with Crippen molar-refractivity contribution in [1.82, 2.24) is 4.57 Å². The van der Waals surface area contributed by atoms with Crippen molar-refractivity contribution in [1.29, 1.82) is 0 Å². The molecule has 0 unspecified atom stereocenters. The Morgan fingerprint density at radius 3 is 2.30 bits per heavy atom. The number of nitrogens with zero attached hydrogens (tertiary/aromatic N) is 1. The molecule has 4 rings (SSSR count). The lowest BCUT2D eigenvalue weighted by Gasteiger charge is -2.11. The number of benzene rings is 3. The average Bonchev–Trinajstić information content (AvgIpc) is 3.16. The summed E-state index contributed by atoms with van der Waals surface area (Å²) in [7, 11) is 0. The van der Waals surface area contributed by atoms with Crippen molar-refractivity contribution >= 4 is 17.3 Å². The van der Waals surface area contributed by atoms with Crippen LogP contribution < -0.4 is 9.61 Å². The number of carboxylic acids is 1. The van der Waals surface area contributed by atoms with Gasteiger partial charge in [-0.2, -0.15) is 0 Å². The van der Waals surface area contributed by atoms with E-state index in [0.29, 0.717) is 30.7 Å². The zero-order chi connectivity index (χ0) is 23.2. The number of aromatic nitrogens is 1. The molecule has 3 aromatic carbocycles. The number of carbonyl (C=O) groups is 1. The predicted octanol–water partition coefficient (Wildman–Crippen LogP) is 5.48. The first kappa shape index (κ1) is 22.5. The van der Waals surface area contributed by atoms with Gasteiger partial charge in [-0.05, 0) is 47.7 Å². The Labute approximate surface area is 194 Å². The highest BCUT2D eigenvalue weighted by Crippen LogP contribution is 2.34. The van der Waals surface area contributed by atoms with E-state index in [1.54, 1.807) is 4.57 Å². The van der Waals surface area contributed by atoms with Gasteiger partial charge in [0.15, 0.2) is 6.61 Å². The van der Waals surface area contributed by atoms with Crippen LogP contribution in [0.15, 0.2) is 83.7 Å². The van der Waals surface area contributed by atoms with Crippen molar-refractivity contribution in [3.8, 4) is 27.4 Å². The number of ether oxygens (including phenoxy) is 1. The lowest BCUT2D eigenvalue weighted by molar-refractivity contribution is -0.139. The summed E-state index contributed by atoms with van der Waals surface area (Å²) >= 11 is 1.21. The Balaban J connectivity index is 1.59. The molecular formula is C26H22FNO4S. The number of rotatable bonds is 9. The van der Waals surface area contributed by atoms with E-state index in [4.69, 9.17) is 9.84 Å². The molecule has 0 atom stereocenters. The number of aryl methyl sites for hydroxylation is 1. The second kappa shape index (κ2) is 10.3. The lowest BCUT2D eigenvalue weighted by atomic mass is 10.1. The van der Waals surface area contributed by atoms with Gasteiger partial charge in [0.2, 0.25) is 0 Å². The minimum absolute atomic E-state index is 0.0632. The van der Waals surface area contributed by atoms with E-state index in [1.165, 1.54) is 29.5 Å². The van der Waals surface area contributed by atoms with Crippen molar-refractivity contribution in [3.05, 3.63) is 99.9 Å². The third-order valence-electron chi connectivity index (χ3n) is 5.19. The van der Waals surface area contributed by atoms with E-state index in [0.717, 1.165) is 21.7 Å². The molecule has 0 aliphatic carbocycles. The molecule has 1 N–H and O–H groups in total. The van der Waals surface area contributed by atoms with Crippen molar-refractivity contribution in [3.63, 3.8) is 0 Å². The number of aliphatic carboxylic acids is 1. The minimum Gasteiger partial charge on any atom is -0.482 e. The van der Waals surface area contributed by atoms with Gasteiger partial charge in [-0.25, -0.2) is 9.18 Å². The first-order valence-corrected chi connectivity index (χ1v) is 11.3. The van der Waals surface area contributed by atoms with E-state index in [1.807, 2.05) is 60.7 Å². The average molecular weight is 464 g/mol. The zero-order valence-electron chi connectivity index (χ0n) is 17.7.